The van der Waals surface area contributed by atoms with Crippen LogP contribution in [0.15, 0.2) is 0 Å². The van der Waals surface area contributed by atoms with E-state index in [4.69, 9.17) is 5.26 Å². The van der Waals surface area contributed by atoms with E-state index in [0.717, 1.165) is 0 Å². The van der Waals surface area contributed by atoms with E-state index in [-0.39, 0.29) is 18.4 Å². The van der Waals surface area contributed by atoms with Gasteiger partial charge in [0.1, 0.15) is 5.54 Å². The lowest BCUT2D eigenvalue weighted by atomic mass is 9.90. The molecule has 0 aromatic heterocycles. The van der Waals surface area contributed by atoms with Gasteiger partial charge in [0.25, 0.3) is 0 Å². The van der Waals surface area contributed by atoms with Gasteiger partial charge in [-0.2, -0.15) is 5.26 Å². The van der Waals surface area contributed by atoms with Crippen LogP contribution in [0.2, 0.25) is 0 Å². The van der Waals surface area contributed by atoms with Crippen LogP contribution in [0.4, 0.5) is 0 Å². The zero-order valence-corrected chi connectivity index (χ0v) is 12.2. The first-order valence-electron chi connectivity index (χ1n) is 6.13. The molecule has 2 N–H and O–H groups in total. The van der Waals surface area contributed by atoms with E-state index >= 15 is 0 Å². The van der Waals surface area contributed by atoms with Crippen LogP contribution in [-0.2, 0) is 4.79 Å². The van der Waals surface area contributed by atoms with Crippen LogP contribution in [0, 0.1) is 17.2 Å². The number of likely N-dealkylation sites (N-methyl/N-ethyl adjacent to an activating group) is 1. The first-order valence-corrected chi connectivity index (χ1v) is 6.13. The molecule has 0 bridgehead atoms. The number of rotatable bonds is 6. The minimum atomic E-state index is -0.855. The summed E-state index contributed by atoms with van der Waals surface area (Å²) in [5.74, 6) is -0.175. The van der Waals surface area contributed by atoms with Crippen molar-refractivity contribution in [2.75, 3.05) is 20.1 Å². The van der Waals surface area contributed by atoms with E-state index in [0.29, 0.717) is 6.54 Å². The molecule has 1 unspecified atom stereocenters. The summed E-state index contributed by atoms with van der Waals surface area (Å²) in [6, 6.07) is 2.13. The standard InChI is InChI=1S/C13H25N3O2/c1-10(2)13(5,8-14)15-11(17)7-16(6)9-12(3,4)18/h10,18H,7,9H2,1-6H3,(H,15,17). The number of hydrogen-bond donors (Lipinski definition) is 2. The minimum Gasteiger partial charge on any atom is -0.389 e. The summed E-state index contributed by atoms with van der Waals surface area (Å²) >= 11 is 0. The van der Waals surface area contributed by atoms with Crippen molar-refractivity contribution >= 4 is 5.91 Å². The number of carbonyl (C=O) groups excluding carboxylic acids is 1. The summed E-state index contributed by atoms with van der Waals surface area (Å²) in [5.41, 5.74) is -1.70. The van der Waals surface area contributed by atoms with Crippen LogP contribution in [0.3, 0.4) is 0 Å². The molecule has 5 heteroatoms. The van der Waals surface area contributed by atoms with Gasteiger partial charge in [0.15, 0.2) is 0 Å². The highest BCUT2D eigenvalue weighted by molar-refractivity contribution is 5.79. The number of carbonyl (C=O) groups is 1. The summed E-state index contributed by atoms with van der Waals surface area (Å²) in [4.78, 5) is 13.6. The predicted octanol–water partition coefficient (Wildman–Crippen LogP) is 0.744. The van der Waals surface area contributed by atoms with Crippen LogP contribution in [0.1, 0.15) is 34.6 Å². The molecule has 0 aliphatic heterocycles. The van der Waals surface area contributed by atoms with Crippen molar-refractivity contribution in [2.45, 2.75) is 45.8 Å². The lowest BCUT2D eigenvalue weighted by molar-refractivity contribution is -0.124. The molecule has 5 nitrogen and oxygen atoms in total. The molecule has 0 heterocycles. The lowest BCUT2D eigenvalue weighted by Crippen LogP contribution is -2.52. The summed E-state index contributed by atoms with van der Waals surface area (Å²) < 4.78 is 0. The van der Waals surface area contributed by atoms with Gasteiger partial charge in [0.05, 0.1) is 18.2 Å². The van der Waals surface area contributed by atoms with Crippen molar-refractivity contribution in [1.29, 1.82) is 5.26 Å². The van der Waals surface area contributed by atoms with Gasteiger partial charge in [-0.25, -0.2) is 0 Å². The zero-order chi connectivity index (χ0) is 14.6. The minimum absolute atomic E-state index is 0.0334. The molecule has 0 spiro atoms. The van der Waals surface area contributed by atoms with E-state index in [1.165, 1.54) is 0 Å². The second kappa shape index (κ2) is 6.17. The summed E-state index contributed by atoms with van der Waals surface area (Å²) in [5, 5.41) is 21.5. The highest BCUT2D eigenvalue weighted by Crippen LogP contribution is 2.14. The number of aliphatic hydroxyl groups is 1. The number of nitriles is 1. The molecule has 0 aliphatic carbocycles. The summed E-state index contributed by atoms with van der Waals surface area (Å²) in [6.45, 7) is 9.43. The maximum absolute atomic E-state index is 11.8. The Hall–Kier alpha value is -1.12. The maximum Gasteiger partial charge on any atom is 0.235 e. The Bertz CT molecular complexity index is 328. The lowest BCUT2D eigenvalue weighted by Gasteiger charge is -2.29. The summed E-state index contributed by atoms with van der Waals surface area (Å²) in [7, 11) is 1.76. The Kier molecular flexibility index (Phi) is 5.78. The molecule has 104 valence electrons. The third-order valence-electron chi connectivity index (χ3n) is 2.86. The summed E-state index contributed by atoms with van der Waals surface area (Å²) in [6.07, 6.45) is 0. The van der Waals surface area contributed by atoms with E-state index in [9.17, 15) is 9.90 Å². The van der Waals surface area contributed by atoms with Crippen LogP contribution in [0.25, 0.3) is 0 Å². The Morgan fingerprint density at radius 1 is 1.44 bits per heavy atom. The quantitative estimate of drug-likeness (QED) is 0.734. The predicted molar refractivity (Wildman–Crippen MR) is 70.8 cm³/mol. The van der Waals surface area contributed by atoms with Crippen molar-refractivity contribution in [1.82, 2.24) is 10.2 Å². The molecule has 0 radical (unpaired) electrons. The van der Waals surface area contributed by atoms with E-state index in [1.54, 1.807) is 32.7 Å². The molecule has 1 atom stereocenters. The largest absolute Gasteiger partial charge is 0.389 e. The van der Waals surface area contributed by atoms with E-state index in [2.05, 4.69) is 11.4 Å². The fourth-order valence-corrected chi connectivity index (χ4v) is 1.59. The molecule has 0 aromatic carbocycles. The highest BCUT2D eigenvalue weighted by atomic mass is 16.3. The topological polar surface area (TPSA) is 76.4 Å². The SMILES string of the molecule is CC(C)C(C)(C#N)NC(=O)CN(C)CC(C)(C)O. The van der Waals surface area contributed by atoms with Crippen molar-refractivity contribution < 1.29 is 9.90 Å². The van der Waals surface area contributed by atoms with Crippen molar-refractivity contribution in [2.24, 2.45) is 5.92 Å². The molecule has 0 saturated carbocycles. The second-order valence-electron chi connectivity index (χ2n) is 6.00. The molecule has 0 saturated heterocycles. The van der Waals surface area contributed by atoms with Crippen LogP contribution >= 0.6 is 0 Å². The van der Waals surface area contributed by atoms with Gasteiger partial charge in [0.2, 0.25) is 5.91 Å². The number of nitrogens with zero attached hydrogens (tertiary/aromatic N) is 2. The Morgan fingerprint density at radius 2 is 1.94 bits per heavy atom. The van der Waals surface area contributed by atoms with Crippen molar-refractivity contribution in [3.05, 3.63) is 0 Å². The number of amides is 1. The van der Waals surface area contributed by atoms with Crippen molar-refractivity contribution in [3.8, 4) is 6.07 Å². The van der Waals surface area contributed by atoms with E-state index in [1.807, 2.05) is 13.8 Å². The van der Waals surface area contributed by atoms with Gasteiger partial charge >= 0.3 is 0 Å². The zero-order valence-electron chi connectivity index (χ0n) is 12.2. The average Bonchev–Trinajstić information content (AvgIpc) is 2.13. The fraction of sp³-hybridized carbons (Fsp3) is 0.846. The van der Waals surface area contributed by atoms with Gasteiger partial charge < -0.3 is 10.4 Å². The first-order chi connectivity index (χ1) is 8.00. The average molecular weight is 255 g/mol. The Balaban J connectivity index is 4.40. The first kappa shape index (κ1) is 16.9. The monoisotopic (exact) mass is 255 g/mol. The molecule has 1 amide bonds. The fourth-order valence-electron chi connectivity index (χ4n) is 1.59. The van der Waals surface area contributed by atoms with Gasteiger partial charge in [-0.3, -0.25) is 9.69 Å². The Morgan fingerprint density at radius 3 is 2.28 bits per heavy atom. The van der Waals surface area contributed by atoms with Crippen molar-refractivity contribution in [3.63, 3.8) is 0 Å². The molecular formula is C13H25N3O2. The van der Waals surface area contributed by atoms with Crippen LogP contribution in [-0.4, -0.2) is 47.2 Å². The normalized spacial score (nSPS) is 15.3. The molecule has 0 aromatic rings. The smallest absolute Gasteiger partial charge is 0.235 e. The molecule has 0 aliphatic rings. The molecule has 0 fully saturated rings. The molecule has 0 rings (SSSR count). The van der Waals surface area contributed by atoms with Crippen LogP contribution < -0.4 is 5.32 Å². The number of nitrogens with one attached hydrogen (secondary N) is 1. The van der Waals surface area contributed by atoms with Gasteiger partial charge in [-0.15, -0.1) is 0 Å². The second-order valence-corrected chi connectivity index (χ2v) is 6.00. The van der Waals surface area contributed by atoms with Crippen LogP contribution in [0.5, 0.6) is 0 Å². The third-order valence-corrected chi connectivity index (χ3v) is 2.86. The van der Waals surface area contributed by atoms with Gasteiger partial charge in [0, 0.05) is 6.54 Å². The molecular weight excluding hydrogens is 230 g/mol. The third kappa shape index (κ3) is 5.99. The highest BCUT2D eigenvalue weighted by Gasteiger charge is 2.30. The number of hydrogen-bond acceptors (Lipinski definition) is 4. The van der Waals surface area contributed by atoms with Gasteiger partial charge in [-0.1, -0.05) is 13.8 Å². The van der Waals surface area contributed by atoms with Gasteiger partial charge in [-0.05, 0) is 33.7 Å². The maximum atomic E-state index is 11.8. The molecule has 18 heavy (non-hydrogen) atoms. The van der Waals surface area contributed by atoms with E-state index < -0.39 is 11.1 Å². The Labute approximate surface area is 110 Å².